The smallest absolute Gasteiger partial charge is 0.408 e. The molecular formula is C21H30N4O4. The van der Waals surface area contributed by atoms with Crippen molar-refractivity contribution in [1.29, 1.82) is 0 Å². The highest BCUT2D eigenvalue weighted by atomic mass is 16.4. The van der Waals surface area contributed by atoms with E-state index in [-0.39, 0.29) is 18.2 Å². The SMILES string of the molecule is CCN(CC)C(=O)CN1CCCN(C(=O)CCn2c(=O)oc3ccccc32)CC1. The highest BCUT2D eigenvalue weighted by Gasteiger charge is 2.22. The number of hydrogen-bond acceptors (Lipinski definition) is 5. The molecule has 2 aromatic rings. The molecule has 0 N–H and O–H groups in total. The number of hydrogen-bond donors (Lipinski definition) is 0. The Morgan fingerprint density at radius 2 is 1.83 bits per heavy atom. The molecule has 0 spiro atoms. The number of carbonyl (C=O) groups is 2. The van der Waals surface area contributed by atoms with Crippen molar-refractivity contribution < 1.29 is 14.0 Å². The van der Waals surface area contributed by atoms with Crippen molar-refractivity contribution in [2.24, 2.45) is 0 Å². The van der Waals surface area contributed by atoms with Crippen molar-refractivity contribution >= 4 is 22.9 Å². The van der Waals surface area contributed by atoms with E-state index in [9.17, 15) is 14.4 Å². The first-order valence-corrected chi connectivity index (χ1v) is 10.4. The van der Waals surface area contributed by atoms with Gasteiger partial charge in [-0.2, -0.15) is 0 Å². The number of para-hydroxylation sites is 2. The summed E-state index contributed by atoms with van der Waals surface area (Å²) in [5.74, 6) is -0.268. The van der Waals surface area contributed by atoms with Crippen LogP contribution in [0.1, 0.15) is 26.7 Å². The third kappa shape index (κ3) is 5.06. The number of oxazole rings is 1. The lowest BCUT2D eigenvalue weighted by Gasteiger charge is -2.25. The molecule has 1 aromatic heterocycles. The van der Waals surface area contributed by atoms with Gasteiger partial charge < -0.3 is 14.2 Å². The van der Waals surface area contributed by atoms with Crippen LogP contribution in [0, 0.1) is 0 Å². The standard InChI is InChI=1S/C21H30N4O4/c1-3-23(4-2)20(27)16-22-11-7-12-24(15-14-22)19(26)10-13-25-17-8-5-6-9-18(17)29-21(25)28/h5-6,8-9H,3-4,7,10-16H2,1-2H3. The number of likely N-dealkylation sites (N-methyl/N-ethyl adjacent to an activating group) is 1. The number of nitrogens with zero attached hydrogens (tertiary/aromatic N) is 4. The fourth-order valence-corrected chi connectivity index (χ4v) is 3.84. The van der Waals surface area contributed by atoms with Gasteiger partial charge in [-0.1, -0.05) is 12.1 Å². The van der Waals surface area contributed by atoms with E-state index in [1.165, 1.54) is 4.57 Å². The average molecular weight is 402 g/mol. The van der Waals surface area contributed by atoms with Gasteiger partial charge >= 0.3 is 5.76 Å². The molecule has 0 aliphatic carbocycles. The zero-order chi connectivity index (χ0) is 20.8. The van der Waals surface area contributed by atoms with Gasteiger partial charge in [-0.3, -0.25) is 19.1 Å². The maximum atomic E-state index is 12.7. The van der Waals surface area contributed by atoms with Crippen LogP contribution in [0.25, 0.3) is 11.1 Å². The van der Waals surface area contributed by atoms with Gasteiger partial charge in [0.15, 0.2) is 5.58 Å². The Morgan fingerprint density at radius 3 is 2.59 bits per heavy atom. The summed E-state index contributed by atoms with van der Waals surface area (Å²) in [5, 5.41) is 0. The first kappa shape index (κ1) is 21.1. The molecule has 0 saturated carbocycles. The summed E-state index contributed by atoms with van der Waals surface area (Å²) in [6, 6.07) is 7.23. The van der Waals surface area contributed by atoms with E-state index >= 15 is 0 Å². The molecule has 0 unspecified atom stereocenters. The molecule has 1 saturated heterocycles. The Labute approximate surface area is 170 Å². The Bertz CT molecular complexity index is 899. The molecule has 1 fully saturated rings. The molecule has 8 nitrogen and oxygen atoms in total. The van der Waals surface area contributed by atoms with Crippen LogP contribution in [0.5, 0.6) is 0 Å². The van der Waals surface area contributed by atoms with Gasteiger partial charge in [-0.25, -0.2) is 4.79 Å². The maximum absolute atomic E-state index is 12.7. The topological polar surface area (TPSA) is 79.0 Å². The summed E-state index contributed by atoms with van der Waals surface area (Å²) < 4.78 is 6.74. The molecule has 1 aliphatic rings. The van der Waals surface area contributed by atoms with Gasteiger partial charge in [0.2, 0.25) is 11.8 Å². The van der Waals surface area contributed by atoms with Crippen LogP contribution in [-0.2, 0) is 16.1 Å². The largest absolute Gasteiger partial charge is 0.419 e. The van der Waals surface area contributed by atoms with Crippen LogP contribution < -0.4 is 5.76 Å². The lowest BCUT2D eigenvalue weighted by molar-refractivity contribution is -0.132. The van der Waals surface area contributed by atoms with E-state index in [4.69, 9.17) is 4.42 Å². The minimum atomic E-state index is -0.434. The number of carbonyl (C=O) groups excluding carboxylic acids is 2. The van der Waals surface area contributed by atoms with Crippen LogP contribution in [0.15, 0.2) is 33.5 Å². The Kier molecular flexibility index (Phi) is 7.09. The van der Waals surface area contributed by atoms with Crippen LogP contribution in [0.3, 0.4) is 0 Å². The van der Waals surface area contributed by atoms with Crippen LogP contribution in [0.2, 0.25) is 0 Å². The van der Waals surface area contributed by atoms with Gasteiger partial charge in [0.05, 0.1) is 12.1 Å². The van der Waals surface area contributed by atoms with Crippen molar-refractivity contribution in [3.63, 3.8) is 0 Å². The van der Waals surface area contributed by atoms with E-state index in [2.05, 4.69) is 4.90 Å². The molecule has 29 heavy (non-hydrogen) atoms. The summed E-state index contributed by atoms with van der Waals surface area (Å²) in [4.78, 5) is 42.9. The Morgan fingerprint density at radius 1 is 1.07 bits per heavy atom. The number of rotatable bonds is 7. The maximum Gasteiger partial charge on any atom is 0.419 e. The number of benzene rings is 1. The predicted octanol–water partition coefficient (Wildman–Crippen LogP) is 1.39. The lowest BCUT2D eigenvalue weighted by Crippen LogP contribution is -2.42. The molecule has 1 aliphatic heterocycles. The second-order valence-corrected chi connectivity index (χ2v) is 7.31. The van der Waals surface area contributed by atoms with E-state index < -0.39 is 5.76 Å². The third-order valence-electron chi connectivity index (χ3n) is 5.54. The first-order chi connectivity index (χ1) is 14.0. The summed E-state index contributed by atoms with van der Waals surface area (Å²) in [5.41, 5.74) is 1.25. The molecule has 8 heteroatoms. The van der Waals surface area contributed by atoms with Crippen molar-refractivity contribution in [2.75, 3.05) is 45.8 Å². The normalized spacial score (nSPS) is 15.4. The summed E-state index contributed by atoms with van der Waals surface area (Å²) in [6.45, 7) is 8.88. The molecule has 0 atom stereocenters. The van der Waals surface area contributed by atoms with Crippen molar-refractivity contribution in [2.45, 2.75) is 33.2 Å². The highest BCUT2D eigenvalue weighted by Crippen LogP contribution is 2.13. The number of aromatic nitrogens is 1. The second kappa shape index (κ2) is 9.73. The summed E-state index contributed by atoms with van der Waals surface area (Å²) in [6.07, 6.45) is 1.09. The average Bonchev–Trinajstić information content (AvgIpc) is 2.87. The van der Waals surface area contributed by atoms with Gasteiger partial charge in [0, 0.05) is 52.2 Å². The molecule has 158 valence electrons. The Hall–Kier alpha value is -2.61. The molecule has 2 amide bonds. The molecule has 1 aromatic carbocycles. The zero-order valence-corrected chi connectivity index (χ0v) is 17.3. The highest BCUT2D eigenvalue weighted by molar-refractivity contribution is 5.78. The van der Waals surface area contributed by atoms with Crippen molar-refractivity contribution in [1.82, 2.24) is 19.3 Å². The fraction of sp³-hybridized carbons (Fsp3) is 0.571. The van der Waals surface area contributed by atoms with Crippen molar-refractivity contribution in [3.8, 4) is 0 Å². The quantitative estimate of drug-likeness (QED) is 0.699. The van der Waals surface area contributed by atoms with Crippen LogP contribution in [-0.4, -0.2) is 76.9 Å². The van der Waals surface area contributed by atoms with Gasteiger partial charge in [-0.05, 0) is 32.4 Å². The summed E-state index contributed by atoms with van der Waals surface area (Å²) in [7, 11) is 0. The minimum absolute atomic E-state index is 0.0269. The molecule has 2 heterocycles. The van der Waals surface area contributed by atoms with E-state index in [1.54, 1.807) is 6.07 Å². The van der Waals surface area contributed by atoms with E-state index in [1.807, 2.05) is 41.8 Å². The number of fused-ring (bicyclic) bond motifs is 1. The third-order valence-corrected chi connectivity index (χ3v) is 5.54. The minimum Gasteiger partial charge on any atom is -0.408 e. The summed E-state index contributed by atoms with van der Waals surface area (Å²) >= 11 is 0. The molecule has 0 radical (unpaired) electrons. The molecule has 0 bridgehead atoms. The number of amides is 2. The van der Waals surface area contributed by atoms with E-state index in [0.717, 1.165) is 26.1 Å². The van der Waals surface area contributed by atoms with Crippen LogP contribution >= 0.6 is 0 Å². The van der Waals surface area contributed by atoms with Gasteiger partial charge in [0.25, 0.3) is 0 Å². The van der Waals surface area contributed by atoms with Crippen LogP contribution in [0.4, 0.5) is 0 Å². The predicted molar refractivity (Wildman–Crippen MR) is 111 cm³/mol. The monoisotopic (exact) mass is 402 g/mol. The molecule has 3 rings (SSSR count). The molecular weight excluding hydrogens is 372 g/mol. The van der Waals surface area contributed by atoms with Gasteiger partial charge in [0.1, 0.15) is 0 Å². The zero-order valence-electron chi connectivity index (χ0n) is 17.3. The van der Waals surface area contributed by atoms with Gasteiger partial charge in [-0.15, -0.1) is 0 Å². The van der Waals surface area contributed by atoms with E-state index in [0.29, 0.717) is 43.8 Å². The second-order valence-electron chi connectivity index (χ2n) is 7.31. The first-order valence-electron chi connectivity index (χ1n) is 10.4. The fourth-order valence-electron chi connectivity index (χ4n) is 3.84. The Balaban J connectivity index is 1.53. The number of aryl methyl sites for hydroxylation is 1. The lowest BCUT2D eigenvalue weighted by atomic mass is 10.3. The van der Waals surface area contributed by atoms with Crippen molar-refractivity contribution in [3.05, 3.63) is 34.8 Å².